The summed E-state index contributed by atoms with van der Waals surface area (Å²) in [5.74, 6) is -1.19. The topological polar surface area (TPSA) is 85.4 Å². The van der Waals surface area contributed by atoms with Crippen LogP contribution in [-0.4, -0.2) is 21.7 Å². The summed E-state index contributed by atoms with van der Waals surface area (Å²) in [6.07, 6.45) is 1.95. The van der Waals surface area contributed by atoms with Crippen molar-refractivity contribution < 1.29 is 14.6 Å². The van der Waals surface area contributed by atoms with Gasteiger partial charge in [0.2, 0.25) is 0 Å². The predicted octanol–water partition coefficient (Wildman–Crippen LogP) is 2.19. The van der Waals surface area contributed by atoms with E-state index < -0.39 is 23.2 Å². The van der Waals surface area contributed by atoms with E-state index in [1.807, 2.05) is 13.8 Å². The van der Waals surface area contributed by atoms with E-state index in [-0.39, 0.29) is 11.6 Å². The fraction of sp³-hybridized carbons (Fsp3) is 0.625. The number of esters is 1. The lowest BCUT2D eigenvalue weighted by Crippen LogP contribution is -2.50. The molecular formula is C16H26N2O3. The standard InChI is InChI=1S/C16H26N2O3/c1-11(2)10-12(14(19)21-15(3,4)5)16(17,20)13-8-6-7-9-18-13/h6-9,11-12,20H,10,17H2,1-5H3/t12?,16-/m1/s1. The first kappa shape index (κ1) is 17.6. The Balaban J connectivity index is 3.09. The quantitative estimate of drug-likeness (QED) is 0.642. The summed E-state index contributed by atoms with van der Waals surface area (Å²) in [6, 6.07) is 5.06. The van der Waals surface area contributed by atoms with Gasteiger partial charge in [-0.1, -0.05) is 19.9 Å². The number of nitrogens with two attached hydrogens (primary N) is 1. The first-order chi connectivity index (χ1) is 9.54. The summed E-state index contributed by atoms with van der Waals surface area (Å²) in [7, 11) is 0. The Morgan fingerprint density at radius 2 is 2.00 bits per heavy atom. The highest BCUT2D eigenvalue weighted by Gasteiger charge is 2.43. The van der Waals surface area contributed by atoms with Crippen molar-refractivity contribution in [3.05, 3.63) is 30.1 Å². The number of hydrogen-bond donors (Lipinski definition) is 2. The maximum absolute atomic E-state index is 12.4. The SMILES string of the molecule is CC(C)CC(C(=O)OC(C)(C)C)[C@@](N)(O)c1ccccn1. The summed E-state index contributed by atoms with van der Waals surface area (Å²) in [5.41, 5.74) is 3.82. The fourth-order valence-electron chi connectivity index (χ4n) is 2.08. The van der Waals surface area contributed by atoms with Crippen LogP contribution in [-0.2, 0) is 15.3 Å². The molecule has 0 aliphatic heterocycles. The van der Waals surface area contributed by atoms with E-state index in [0.29, 0.717) is 6.42 Å². The first-order valence-electron chi connectivity index (χ1n) is 7.19. The van der Waals surface area contributed by atoms with Gasteiger partial charge in [0.25, 0.3) is 0 Å². The van der Waals surface area contributed by atoms with E-state index >= 15 is 0 Å². The molecule has 0 bridgehead atoms. The molecule has 3 N–H and O–H groups in total. The molecule has 1 aromatic heterocycles. The highest BCUT2D eigenvalue weighted by atomic mass is 16.6. The van der Waals surface area contributed by atoms with Crippen molar-refractivity contribution in [1.29, 1.82) is 0 Å². The van der Waals surface area contributed by atoms with Crippen molar-refractivity contribution in [2.24, 2.45) is 17.6 Å². The van der Waals surface area contributed by atoms with Crippen molar-refractivity contribution >= 4 is 5.97 Å². The monoisotopic (exact) mass is 294 g/mol. The lowest BCUT2D eigenvalue weighted by atomic mass is 9.85. The number of hydrogen-bond acceptors (Lipinski definition) is 5. The third-order valence-electron chi connectivity index (χ3n) is 3.00. The van der Waals surface area contributed by atoms with Gasteiger partial charge in [-0.25, -0.2) is 0 Å². The second-order valence-electron chi connectivity index (χ2n) is 6.76. The van der Waals surface area contributed by atoms with Crippen LogP contribution in [0.1, 0.15) is 46.7 Å². The van der Waals surface area contributed by atoms with Crippen LogP contribution in [0.4, 0.5) is 0 Å². The molecule has 0 aliphatic rings. The first-order valence-corrected chi connectivity index (χ1v) is 7.19. The maximum Gasteiger partial charge on any atom is 0.314 e. The number of ether oxygens (including phenoxy) is 1. The minimum Gasteiger partial charge on any atom is -0.460 e. The number of carbonyl (C=O) groups is 1. The summed E-state index contributed by atoms with van der Waals surface area (Å²) < 4.78 is 5.40. The van der Waals surface area contributed by atoms with Gasteiger partial charge >= 0.3 is 5.97 Å². The van der Waals surface area contributed by atoms with Gasteiger partial charge in [-0.05, 0) is 45.2 Å². The zero-order valence-electron chi connectivity index (χ0n) is 13.5. The lowest BCUT2D eigenvalue weighted by molar-refractivity contribution is -0.172. The summed E-state index contributed by atoms with van der Waals surface area (Å²) in [6.45, 7) is 9.28. The average Bonchev–Trinajstić information content (AvgIpc) is 2.34. The van der Waals surface area contributed by atoms with Gasteiger partial charge < -0.3 is 9.84 Å². The van der Waals surface area contributed by atoms with Crippen molar-refractivity contribution in [3.63, 3.8) is 0 Å². The lowest BCUT2D eigenvalue weighted by Gasteiger charge is -2.33. The number of aliphatic hydroxyl groups is 1. The summed E-state index contributed by atoms with van der Waals surface area (Å²) in [4.78, 5) is 16.5. The fourth-order valence-corrected chi connectivity index (χ4v) is 2.08. The number of nitrogens with zero attached hydrogens (tertiary/aromatic N) is 1. The van der Waals surface area contributed by atoms with Crippen LogP contribution in [0, 0.1) is 11.8 Å². The molecule has 0 radical (unpaired) electrons. The molecule has 21 heavy (non-hydrogen) atoms. The molecule has 2 atom stereocenters. The van der Waals surface area contributed by atoms with Crippen molar-refractivity contribution in [2.45, 2.75) is 52.4 Å². The largest absolute Gasteiger partial charge is 0.460 e. The van der Waals surface area contributed by atoms with Crippen LogP contribution < -0.4 is 5.73 Å². The molecule has 0 aromatic carbocycles. The minimum absolute atomic E-state index is 0.182. The predicted molar refractivity (Wildman–Crippen MR) is 81.1 cm³/mol. The highest BCUT2D eigenvalue weighted by molar-refractivity contribution is 5.74. The molecule has 5 heteroatoms. The Kier molecular flexibility index (Phi) is 5.48. The summed E-state index contributed by atoms with van der Waals surface area (Å²) >= 11 is 0. The van der Waals surface area contributed by atoms with Crippen LogP contribution in [0.15, 0.2) is 24.4 Å². The summed E-state index contributed by atoms with van der Waals surface area (Å²) in [5, 5.41) is 10.7. The van der Waals surface area contributed by atoms with E-state index in [1.54, 1.807) is 39.0 Å². The molecule has 0 aliphatic carbocycles. The van der Waals surface area contributed by atoms with E-state index in [9.17, 15) is 9.90 Å². The molecule has 5 nitrogen and oxygen atoms in total. The van der Waals surface area contributed by atoms with Crippen LogP contribution in [0.2, 0.25) is 0 Å². The third-order valence-corrected chi connectivity index (χ3v) is 3.00. The Morgan fingerprint density at radius 3 is 2.43 bits per heavy atom. The van der Waals surface area contributed by atoms with Crippen molar-refractivity contribution in [3.8, 4) is 0 Å². The average molecular weight is 294 g/mol. The third kappa shape index (κ3) is 5.10. The van der Waals surface area contributed by atoms with E-state index in [4.69, 9.17) is 10.5 Å². The van der Waals surface area contributed by atoms with Gasteiger partial charge in [0.1, 0.15) is 11.5 Å². The number of pyridine rings is 1. The molecule has 1 rings (SSSR count). The molecular weight excluding hydrogens is 268 g/mol. The number of aromatic nitrogens is 1. The molecule has 0 saturated heterocycles. The normalized spacial score (nSPS) is 16.4. The zero-order valence-corrected chi connectivity index (χ0v) is 13.5. The van der Waals surface area contributed by atoms with Crippen LogP contribution in [0.5, 0.6) is 0 Å². The molecule has 1 aromatic rings. The molecule has 0 fully saturated rings. The van der Waals surface area contributed by atoms with E-state index in [1.165, 1.54) is 6.20 Å². The number of rotatable bonds is 5. The Labute approximate surface area is 126 Å². The van der Waals surface area contributed by atoms with Crippen LogP contribution >= 0.6 is 0 Å². The zero-order chi connectivity index (χ0) is 16.3. The smallest absolute Gasteiger partial charge is 0.314 e. The molecule has 0 spiro atoms. The van der Waals surface area contributed by atoms with Gasteiger partial charge in [0.05, 0.1) is 5.69 Å². The number of carbonyl (C=O) groups excluding carboxylic acids is 1. The van der Waals surface area contributed by atoms with Gasteiger partial charge in [-0.2, -0.15) is 0 Å². The van der Waals surface area contributed by atoms with Gasteiger partial charge in [-0.3, -0.25) is 15.5 Å². The van der Waals surface area contributed by atoms with Crippen molar-refractivity contribution in [2.75, 3.05) is 0 Å². The molecule has 0 saturated carbocycles. The second-order valence-corrected chi connectivity index (χ2v) is 6.76. The van der Waals surface area contributed by atoms with Gasteiger partial charge in [0.15, 0.2) is 5.72 Å². The maximum atomic E-state index is 12.4. The van der Waals surface area contributed by atoms with E-state index in [2.05, 4.69) is 4.98 Å². The molecule has 1 unspecified atom stereocenters. The van der Waals surface area contributed by atoms with E-state index in [0.717, 1.165) is 0 Å². The Hall–Kier alpha value is -1.46. The Morgan fingerprint density at radius 1 is 1.38 bits per heavy atom. The molecule has 1 heterocycles. The van der Waals surface area contributed by atoms with Gasteiger partial charge in [-0.15, -0.1) is 0 Å². The van der Waals surface area contributed by atoms with Crippen molar-refractivity contribution in [1.82, 2.24) is 4.98 Å². The molecule has 0 amide bonds. The van der Waals surface area contributed by atoms with Crippen LogP contribution in [0.25, 0.3) is 0 Å². The second kappa shape index (κ2) is 6.54. The molecule has 118 valence electrons. The minimum atomic E-state index is -1.85. The van der Waals surface area contributed by atoms with Gasteiger partial charge in [0, 0.05) is 6.20 Å². The van der Waals surface area contributed by atoms with Crippen LogP contribution in [0.3, 0.4) is 0 Å². The highest BCUT2D eigenvalue weighted by Crippen LogP contribution is 2.30. The Bertz CT molecular complexity index is 464.